The molecular weight excluding hydrogens is 357 g/mol. The van der Waals surface area contributed by atoms with E-state index in [4.69, 9.17) is 6.42 Å². The van der Waals surface area contributed by atoms with Crippen LogP contribution < -0.4 is 4.80 Å². The molecule has 8 heteroatoms. The third-order valence-electron chi connectivity index (χ3n) is 3.82. The topological polar surface area (TPSA) is 77.5 Å². The van der Waals surface area contributed by atoms with E-state index >= 15 is 0 Å². The summed E-state index contributed by atoms with van der Waals surface area (Å²) in [4.78, 5) is 27.5. The molecule has 1 amide bonds. The van der Waals surface area contributed by atoms with Crippen LogP contribution in [0.2, 0.25) is 0 Å². The van der Waals surface area contributed by atoms with E-state index in [2.05, 4.69) is 10.9 Å². The molecule has 0 unspecified atom stereocenters. The molecular formula is C18H12FN3O3S. The van der Waals surface area contributed by atoms with Gasteiger partial charge >= 0.3 is 0 Å². The molecule has 130 valence electrons. The summed E-state index contributed by atoms with van der Waals surface area (Å²) in [5.74, 6) is 1.46. The third kappa shape index (κ3) is 3.12. The lowest BCUT2D eigenvalue weighted by Gasteiger charge is -2.02. The van der Waals surface area contributed by atoms with Crippen LogP contribution in [0.5, 0.6) is 0 Å². The predicted molar refractivity (Wildman–Crippen MR) is 96.3 cm³/mol. The van der Waals surface area contributed by atoms with Crippen molar-refractivity contribution < 1.29 is 14.1 Å². The first-order chi connectivity index (χ1) is 12.4. The van der Waals surface area contributed by atoms with Gasteiger partial charge in [-0.15, -0.1) is 6.42 Å². The largest absolute Gasteiger partial charge is 0.305 e. The van der Waals surface area contributed by atoms with Crippen molar-refractivity contribution in [1.82, 2.24) is 4.57 Å². The number of nitrogens with zero attached hydrogens (tertiary/aromatic N) is 3. The van der Waals surface area contributed by atoms with Gasteiger partial charge in [-0.1, -0.05) is 23.3 Å². The molecule has 0 fully saturated rings. The van der Waals surface area contributed by atoms with Gasteiger partial charge in [0.05, 0.1) is 27.2 Å². The van der Waals surface area contributed by atoms with Gasteiger partial charge in [-0.25, -0.2) is 4.39 Å². The summed E-state index contributed by atoms with van der Waals surface area (Å²) in [5, 5.41) is 11.0. The van der Waals surface area contributed by atoms with E-state index in [9.17, 15) is 19.3 Å². The third-order valence-corrected chi connectivity index (χ3v) is 4.86. The van der Waals surface area contributed by atoms with Crippen LogP contribution >= 0.6 is 11.3 Å². The summed E-state index contributed by atoms with van der Waals surface area (Å²) in [5.41, 5.74) is 0.884. The van der Waals surface area contributed by atoms with E-state index in [0.29, 0.717) is 15.0 Å². The number of carbonyl (C=O) groups excluding carboxylic acids is 1. The molecule has 0 aliphatic carbocycles. The first-order valence-electron chi connectivity index (χ1n) is 7.48. The van der Waals surface area contributed by atoms with Crippen LogP contribution in [-0.2, 0) is 6.54 Å². The molecule has 0 atom stereocenters. The number of hydrogen-bond donors (Lipinski definition) is 0. The highest BCUT2D eigenvalue weighted by molar-refractivity contribution is 7.16. The monoisotopic (exact) mass is 369 g/mol. The highest BCUT2D eigenvalue weighted by atomic mass is 32.1. The Balaban J connectivity index is 2.18. The second-order valence-electron chi connectivity index (χ2n) is 5.41. The number of terminal acetylenes is 1. The van der Waals surface area contributed by atoms with Crippen molar-refractivity contribution in [2.24, 2.45) is 4.99 Å². The van der Waals surface area contributed by atoms with Crippen molar-refractivity contribution >= 4 is 33.1 Å². The minimum atomic E-state index is -0.621. The minimum Gasteiger partial charge on any atom is -0.305 e. The summed E-state index contributed by atoms with van der Waals surface area (Å²) in [6.45, 7) is 1.66. The number of amides is 1. The zero-order valence-corrected chi connectivity index (χ0v) is 14.4. The van der Waals surface area contributed by atoms with Crippen LogP contribution in [0.25, 0.3) is 10.2 Å². The summed E-state index contributed by atoms with van der Waals surface area (Å²) < 4.78 is 15.7. The Morgan fingerprint density at radius 2 is 2.19 bits per heavy atom. The molecule has 6 nitrogen and oxygen atoms in total. The number of halogens is 1. The SMILES string of the molecule is C#CCn1c(=NC(=O)c2cccc([N+](=O)[O-])c2C)sc2cc(F)ccc21. The lowest BCUT2D eigenvalue weighted by molar-refractivity contribution is -0.385. The fourth-order valence-corrected chi connectivity index (χ4v) is 3.63. The van der Waals surface area contributed by atoms with Crippen molar-refractivity contribution in [1.29, 1.82) is 0 Å². The van der Waals surface area contributed by atoms with Gasteiger partial charge in [0.1, 0.15) is 5.82 Å². The Bertz CT molecular complexity index is 1150. The molecule has 0 radical (unpaired) electrons. The van der Waals surface area contributed by atoms with E-state index in [-0.39, 0.29) is 23.4 Å². The standard InChI is InChI=1S/C18H12FN3O3S/c1-3-9-21-15-8-7-12(19)10-16(15)26-18(21)20-17(23)13-5-4-6-14(11(13)2)22(24)25/h1,4-8,10H,9H2,2H3. The number of aromatic nitrogens is 1. The first-order valence-corrected chi connectivity index (χ1v) is 8.29. The van der Waals surface area contributed by atoms with E-state index < -0.39 is 16.6 Å². The lowest BCUT2D eigenvalue weighted by Crippen LogP contribution is -2.17. The number of carbonyl (C=O) groups is 1. The van der Waals surface area contributed by atoms with Crippen molar-refractivity contribution in [2.75, 3.05) is 0 Å². The zero-order chi connectivity index (χ0) is 18.8. The normalized spacial score (nSPS) is 11.5. The van der Waals surface area contributed by atoms with Crippen molar-refractivity contribution in [3.05, 3.63) is 68.3 Å². The molecule has 2 aromatic carbocycles. The molecule has 1 heterocycles. The van der Waals surface area contributed by atoms with Crippen molar-refractivity contribution in [3.8, 4) is 12.3 Å². The predicted octanol–water partition coefficient (Wildman–Crippen LogP) is 3.43. The number of benzene rings is 2. The van der Waals surface area contributed by atoms with Gasteiger partial charge < -0.3 is 4.57 Å². The van der Waals surface area contributed by atoms with Gasteiger partial charge in [0, 0.05) is 11.6 Å². The molecule has 3 aromatic rings. The van der Waals surface area contributed by atoms with Gasteiger partial charge in [0.15, 0.2) is 4.80 Å². The van der Waals surface area contributed by atoms with E-state index in [1.54, 1.807) is 10.6 Å². The molecule has 0 spiro atoms. The van der Waals surface area contributed by atoms with Crippen molar-refractivity contribution in [3.63, 3.8) is 0 Å². The number of rotatable bonds is 3. The smallest absolute Gasteiger partial charge is 0.280 e. The molecule has 3 rings (SSSR count). The number of hydrogen-bond acceptors (Lipinski definition) is 4. The zero-order valence-electron chi connectivity index (χ0n) is 13.6. The maximum absolute atomic E-state index is 13.5. The molecule has 0 aliphatic rings. The second-order valence-corrected chi connectivity index (χ2v) is 6.42. The molecule has 0 saturated carbocycles. The van der Waals surface area contributed by atoms with Crippen LogP contribution in [0.1, 0.15) is 15.9 Å². The highest BCUT2D eigenvalue weighted by Gasteiger charge is 2.18. The molecule has 26 heavy (non-hydrogen) atoms. The van der Waals surface area contributed by atoms with Crippen molar-refractivity contribution in [2.45, 2.75) is 13.5 Å². The van der Waals surface area contributed by atoms with E-state index in [0.717, 1.165) is 11.3 Å². The van der Waals surface area contributed by atoms with Gasteiger partial charge in [-0.3, -0.25) is 14.9 Å². The van der Waals surface area contributed by atoms with Gasteiger partial charge in [0.2, 0.25) is 0 Å². The summed E-state index contributed by atoms with van der Waals surface area (Å²) >= 11 is 1.12. The quantitative estimate of drug-likeness (QED) is 0.403. The Kier molecular flexibility index (Phi) is 4.65. The van der Waals surface area contributed by atoms with Crippen LogP contribution in [0.4, 0.5) is 10.1 Å². The molecule has 0 N–H and O–H groups in total. The Morgan fingerprint density at radius 1 is 1.42 bits per heavy atom. The maximum atomic E-state index is 13.5. The first kappa shape index (κ1) is 17.5. The van der Waals surface area contributed by atoms with Gasteiger partial charge in [0.25, 0.3) is 11.6 Å². The number of nitro benzene ring substituents is 1. The molecule has 0 saturated heterocycles. The van der Waals surface area contributed by atoms with Gasteiger partial charge in [-0.05, 0) is 31.2 Å². The fourth-order valence-electron chi connectivity index (χ4n) is 2.58. The lowest BCUT2D eigenvalue weighted by atomic mass is 10.1. The van der Waals surface area contributed by atoms with E-state index in [1.807, 2.05) is 0 Å². The average molecular weight is 369 g/mol. The molecule has 1 aromatic heterocycles. The second kappa shape index (κ2) is 6.90. The number of thiazole rings is 1. The summed E-state index contributed by atoms with van der Waals surface area (Å²) in [6.07, 6.45) is 5.39. The Hall–Kier alpha value is -3.31. The summed E-state index contributed by atoms with van der Waals surface area (Å²) in [7, 11) is 0. The summed E-state index contributed by atoms with van der Waals surface area (Å²) in [6, 6.07) is 8.46. The minimum absolute atomic E-state index is 0.134. The van der Waals surface area contributed by atoms with Gasteiger partial charge in [-0.2, -0.15) is 4.99 Å². The van der Waals surface area contributed by atoms with Crippen LogP contribution in [0.3, 0.4) is 0 Å². The molecule has 0 bridgehead atoms. The number of fused-ring (bicyclic) bond motifs is 1. The van der Waals surface area contributed by atoms with Crippen LogP contribution in [-0.4, -0.2) is 15.4 Å². The number of nitro groups is 1. The maximum Gasteiger partial charge on any atom is 0.280 e. The fraction of sp³-hybridized carbons (Fsp3) is 0.111. The average Bonchev–Trinajstić information content (AvgIpc) is 2.91. The van der Waals surface area contributed by atoms with Crippen LogP contribution in [0, 0.1) is 35.2 Å². The van der Waals surface area contributed by atoms with Crippen LogP contribution in [0.15, 0.2) is 41.4 Å². The highest BCUT2D eigenvalue weighted by Crippen LogP contribution is 2.22. The Labute approximate surface area is 151 Å². The Morgan fingerprint density at radius 3 is 2.88 bits per heavy atom. The molecule has 0 aliphatic heterocycles. The van der Waals surface area contributed by atoms with E-state index in [1.165, 1.54) is 37.3 Å².